The number of aromatic nitrogens is 2. The Hall–Kier alpha value is -2.38. The lowest BCUT2D eigenvalue weighted by Crippen LogP contribution is -2.27. The molecule has 0 aliphatic carbocycles. The summed E-state index contributed by atoms with van der Waals surface area (Å²) in [7, 11) is 0. The van der Waals surface area contributed by atoms with Crippen LogP contribution in [0, 0.1) is 13.8 Å². The molecule has 2 aromatic heterocycles. The zero-order valence-electron chi connectivity index (χ0n) is 15.6. The molecule has 0 unspecified atom stereocenters. The largest absolute Gasteiger partial charge is 0.478 e. The van der Waals surface area contributed by atoms with Gasteiger partial charge in [-0.25, -0.2) is 19.6 Å². The van der Waals surface area contributed by atoms with E-state index in [0.29, 0.717) is 27.4 Å². The molecule has 0 aliphatic rings. The molecule has 0 radical (unpaired) electrons. The van der Waals surface area contributed by atoms with Crippen LogP contribution in [0.3, 0.4) is 0 Å². The lowest BCUT2D eigenvalue weighted by Gasteiger charge is -2.20. The van der Waals surface area contributed by atoms with Crippen LogP contribution in [0.5, 0.6) is 0 Å². The topological polar surface area (TPSA) is 101 Å². The van der Waals surface area contributed by atoms with Gasteiger partial charge in [0.15, 0.2) is 0 Å². The second kappa shape index (κ2) is 9.53. The molecule has 0 atom stereocenters. The van der Waals surface area contributed by atoms with Crippen LogP contribution >= 0.6 is 23.2 Å². The number of carbonyl (C=O) groups excluding carboxylic acids is 1. The van der Waals surface area contributed by atoms with Gasteiger partial charge in [-0.15, -0.1) is 0 Å². The van der Waals surface area contributed by atoms with Crippen LogP contribution < -0.4 is 5.32 Å². The van der Waals surface area contributed by atoms with Gasteiger partial charge in [-0.05, 0) is 58.9 Å². The van der Waals surface area contributed by atoms with E-state index in [0.717, 1.165) is 0 Å². The Morgan fingerprint density at radius 2 is 1.52 bits per heavy atom. The highest BCUT2D eigenvalue weighted by molar-refractivity contribution is 6.29. The predicted molar refractivity (Wildman–Crippen MR) is 105 cm³/mol. The molecule has 2 N–H and O–H groups in total. The maximum Gasteiger partial charge on any atom is 0.412 e. The van der Waals surface area contributed by atoms with E-state index in [-0.39, 0.29) is 5.56 Å². The van der Waals surface area contributed by atoms with E-state index in [1.807, 2.05) is 0 Å². The predicted octanol–water partition coefficient (Wildman–Crippen LogP) is 5.13. The summed E-state index contributed by atoms with van der Waals surface area (Å²) in [6.45, 7) is 8.78. The van der Waals surface area contributed by atoms with Crippen molar-refractivity contribution < 1.29 is 19.4 Å². The van der Waals surface area contributed by atoms with Crippen molar-refractivity contribution in [1.82, 2.24) is 9.97 Å². The number of pyridine rings is 2. The molecule has 0 bridgehead atoms. The molecule has 0 aromatic carbocycles. The molecule has 0 saturated heterocycles. The minimum absolute atomic E-state index is 0.189. The van der Waals surface area contributed by atoms with Gasteiger partial charge in [-0.3, -0.25) is 5.32 Å². The summed E-state index contributed by atoms with van der Waals surface area (Å²) in [5, 5.41) is 11.9. The molecular weight excluding hydrogens is 393 g/mol. The van der Waals surface area contributed by atoms with Crippen LogP contribution in [0.1, 0.15) is 42.5 Å². The average Bonchev–Trinajstić information content (AvgIpc) is 2.48. The Morgan fingerprint density at radius 1 is 1.00 bits per heavy atom. The van der Waals surface area contributed by atoms with Crippen LogP contribution in [0.15, 0.2) is 24.3 Å². The molecule has 27 heavy (non-hydrogen) atoms. The zero-order valence-corrected chi connectivity index (χ0v) is 17.1. The Labute approximate surface area is 167 Å². The zero-order chi connectivity index (χ0) is 20.8. The normalized spacial score (nSPS) is 10.5. The number of aromatic carboxylic acids is 1. The summed E-state index contributed by atoms with van der Waals surface area (Å²) in [4.78, 5) is 29.7. The third-order valence-corrected chi connectivity index (χ3v) is 3.39. The monoisotopic (exact) mass is 413 g/mol. The molecule has 0 fully saturated rings. The van der Waals surface area contributed by atoms with Crippen molar-refractivity contribution in [1.29, 1.82) is 0 Å². The van der Waals surface area contributed by atoms with E-state index < -0.39 is 17.7 Å². The van der Waals surface area contributed by atoms with Gasteiger partial charge in [-0.2, -0.15) is 0 Å². The number of carboxylic acid groups (broad SMARTS) is 1. The number of halogens is 2. The van der Waals surface area contributed by atoms with Gasteiger partial charge in [0.1, 0.15) is 15.9 Å². The number of amides is 1. The van der Waals surface area contributed by atoms with Gasteiger partial charge in [0.25, 0.3) is 0 Å². The van der Waals surface area contributed by atoms with Crippen molar-refractivity contribution >= 4 is 41.0 Å². The fourth-order valence-corrected chi connectivity index (χ4v) is 2.21. The lowest BCUT2D eigenvalue weighted by atomic mass is 10.2. The Kier molecular flexibility index (Phi) is 7.99. The summed E-state index contributed by atoms with van der Waals surface area (Å²) in [6, 6.07) is 6.20. The highest BCUT2D eigenvalue weighted by Gasteiger charge is 2.16. The van der Waals surface area contributed by atoms with E-state index >= 15 is 0 Å². The van der Waals surface area contributed by atoms with Crippen LogP contribution in [-0.2, 0) is 4.74 Å². The third-order valence-electron chi connectivity index (χ3n) is 2.97. The second-order valence-electron chi connectivity index (χ2n) is 6.47. The molecule has 2 heterocycles. The fourth-order valence-electron chi connectivity index (χ4n) is 1.83. The van der Waals surface area contributed by atoms with Crippen molar-refractivity contribution in [3.05, 3.63) is 51.5 Å². The number of carboxylic acids is 1. The number of aryl methyl sites for hydroxylation is 2. The molecule has 146 valence electrons. The number of anilines is 1. The molecule has 9 heteroatoms. The van der Waals surface area contributed by atoms with Crippen molar-refractivity contribution in [2.24, 2.45) is 0 Å². The van der Waals surface area contributed by atoms with Crippen molar-refractivity contribution in [2.75, 3.05) is 5.32 Å². The molecule has 0 saturated carbocycles. The van der Waals surface area contributed by atoms with Crippen LogP contribution in [0.2, 0.25) is 10.3 Å². The Balaban J connectivity index is 0.000000289. The number of carbonyl (C=O) groups is 2. The first kappa shape index (κ1) is 22.7. The fraction of sp³-hybridized carbons (Fsp3) is 0.333. The highest BCUT2D eigenvalue weighted by atomic mass is 35.5. The molecule has 0 spiro atoms. The van der Waals surface area contributed by atoms with Gasteiger partial charge >= 0.3 is 12.1 Å². The van der Waals surface area contributed by atoms with E-state index in [4.69, 9.17) is 33.0 Å². The summed E-state index contributed by atoms with van der Waals surface area (Å²) < 4.78 is 5.12. The van der Waals surface area contributed by atoms with E-state index in [1.54, 1.807) is 46.8 Å². The first-order valence-corrected chi connectivity index (χ1v) is 8.64. The van der Waals surface area contributed by atoms with Crippen molar-refractivity contribution in [3.63, 3.8) is 0 Å². The minimum Gasteiger partial charge on any atom is -0.478 e. The Bertz CT molecular complexity index is 836. The average molecular weight is 414 g/mol. The standard InChI is InChI=1S/C11H15ClN2O2.C7H6ClNO2/c1-7-8(5-6-9(12)13-7)14-10(15)16-11(2,3)4;1-4-5(7(10)11)2-3-6(8)9-4/h5-6H,1-4H3,(H,14,15);2-3H,1H3,(H,10,11). The van der Waals surface area contributed by atoms with E-state index in [1.165, 1.54) is 12.1 Å². The number of hydrogen-bond donors (Lipinski definition) is 2. The van der Waals surface area contributed by atoms with E-state index in [9.17, 15) is 9.59 Å². The molecular formula is C18H21Cl2N3O4. The first-order valence-electron chi connectivity index (χ1n) is 7.88. The maximum atomic E-state index is 11.5. The molecule has 0 aliphatic heterocycles. The van der Waals surface area contributed by atoms with Crippen LogP contribution in [0.4, 0.5) is 10.5 Å². The number of nitrogens with zero attached hydrogens (tertiary/aromatic N) is 2. The maximum absolute atomic E-state index is 11.5. The SMILES string of the molecule is Cc1nc(Cl)ccc1C(=O)O.Cc1nc(Cl)ccc1NC(=O)OC(C)(C)C. The van der Waals surface area contributed by atoms with E-state index in [2.05, 4.69) is 15.3 Å². The van der Waals surface area contributed by atoms with Crippen molar-refractivity contribution in [2.45, 2.75) is 40.2 Å². The third kappa shape index (κ3) is 8.23. The molecule has 2 rings (SSSR count). The van der Waals surface area contributed by atoms with Gasteiger partial charge in [0, 0.05) is 0 Å². The molecule has 7 nitrogen and oxygen atoms in total. The molecule has 1 amide bonds. The Morgan fingerprint density at radius 3 is 1.96 bits per heavy atom. The summed E-state index contributed by atoms with van der Waals surface area (Å²) in [6.07, 6.45) is -0.500. The van der Waals surface area contributed by atoms with Gasteiger partial charge in [0.05, 0.1) is 22.6 Å². The number of rotatable bonds is 2. The highest BCUT2D eigenvalue weighted by Crippen LogP contribution is 2.17. The second-order valence-corrected chi connectivity index (χ2v) is 7.24. The summed E-state index contributed by atoms with van der Waals surface area (Å²) in [5.41, 5.74) is 1.36. The number of hydrogen-bond acceptors (Lipinski definition) is 5. The number of ether oxygens (including phenoxy) is 1. The van der Waals surface area contributed by atoms with Gasteiger partial charge in [-0.1, -0.05) is 23.2 Å². The first-order chi connectivity index (χ1) is 12.4. The van der Waals surface area contributed by atoms with Gasteiger partial charge in [0.2, 0.25) is 0 Å². The quantitative estimate of drug-likeness (QED) is 0.661. The van der Waals surface area contributed by atoms with Gasteiger partial charge < -0.3 is 9.84 Å². The van der Waals surface area contributed by atoms with Crippen LogP contribution in [0.25, 0.3) is 0 Å². The summed E-state index contributed by atoms with van der Waals surface area (Å²) in [5.74, 6) is -0.980. The molecule has 2 aromatic rings. The summed E-state index contributed by atoms with van der Waals surface area (Å²) >= 11 is 11.2. The van der Waals surface area contributed by atoms with Crippen LogP contribution in [-0.4, -0.2) is 32.7 Å². The van der Waals surface area contributed by atoms with Crippen molar-refractivity contribution in [3.8, 4) is 0 Å². The lowest BCUT2D eigenvalue weighted by molar-refractivity contribution is 0.0633. The minimum atomic E-state index is -0.980. The number of nitrogens with one attached hydrogen (secondary N) is 1. The smallest absolute Gasteiger partial charge is 0.412 e.